The van der Waals surface area contributed by atoms with Crippen LogP contribution in [-0.2, 0) is 13.5 Å². The van der Waals surface area contributed by atoms with E-state index in [2.05, 4.69) is 10.4 Å². The van der Waals surface area contributed by atoms with Crippen molar-refractivity contribution in [1.82, 2.24) is 15.1 Å². The van der Waals surface area contributed by atoms with Crippen molar-refractivity contribution in [3.63, 3.8) is 0 Å². The van der Waals surface area contributed by atoms with Crippen LogP contribution in [0.3, 0.4) is 0 Å². The van der Waals surface area contributed by atoms with Crippen molar-refractivity contribution in [2.24, 2.45) is 7.05 Å². The van der Waals surface area contributed by atoms with E-state index in [4.69, 9.17) is 17.3 Å². The van der Waals surface area contributed by atoms with Gasteiger partial charge in [-0.15, -0.1) is 0 Å². The summed E-state index contributed by atoms with van der Waals surface area (Å²) < 4.78 is 1.78. The number of para-hydroxylation sites is 1. The lowest BCUT2D eigenvalue weighted by Crippen LogP contribution is -2.27. The first-order valence-electron chi connectivity index (χ1n) is 5.88. The highest BCUT2D eigenvalue weighted by Gasteiger charge is 2.11. The third kappa shape index (κ3) is 3.06. The smallest absolute Gasteiger partial charge is 0.253 e. The number of halogens is 1. The molecule has 0 fully saturated rings. The summed E-state index contributed by atoms with van der Waals surface area (Å²) in [5, 5.41) is 7.27. The Hall–Kier alpha value is -2.01. The summed E-state index contributed by atoms with van der Waals surface area (Å²) >= 11 is 5.88. The standard InChI is InChI=1S/C13H15ClN4O/c1-18-9(6-8-17-18)5-7-16-13(19)10-3-2-4-11(14)12(10)15/h2-4,6,8H,5,7,15H2,1H3,(H,16,19). The largest absolute Gasteiger partial charge is 0.397 e. The Labute approximate surface area is 116 Å². The number of nitrogens with two attached hydrogens (primary N) is 1. The lowest BCUT2D eigenvalue weighted by atomic mass is 10.1. The summed E-state index contributed by atoms with van der Waals surface area (Å²) in [4.78, 5) is 12.0. The van der Waals surface area contributed by atoms with E-state index in [0.29, 0.717) is 29.2 Å². The number of aromatic nitrogens is 2. The number of hydrogen-bond donors (Lipinski definition) is 2. The van der Waals surface area contributed by atoms with Crippen molar-refractivity contribution in [1.29, 1.82) is 0 Å². The highest BCUT2D eigenvalue weighted by molar-refractivity contribution is 6.33. The van der Waals surface area contributed by atoms with Crippen LogP contribution < -0.4 is 11.1 Å². The van der Waals surface area contributed by atoms with Crippen molar-refractivity contribution < 1.29 is 4.79 Å². The molecule has 0 spiro atoms. The average Bonchev–Trinajstić information content (AvgIpc) is 2.78. The number of anilines is 1. The van der Waals surface area contributed by atoms with Gasteiger partial charge in [0.2, 0.25) is 0 Å². The topological polar surface area (TPSA) is 72.9 Å². The highest BCUT2D eigenvalue weighted by Crippen LogP contribution is 2.22. The fraction of sp³-hybridized carbons (Fsp3) is 0.231. The van der Waals surface area contributed by atoms with Crippen LogP contribution in [0.15, 0.2) is 30.5 Å². The van der Waals surface area contributed by atoms with E-state index in [1.165, 1.54) is 0 Å². The molecule has 1 heterocycles. The summed E-state index contributed by atoms with van der Waals surface area (Å²) in [6.45, 7) is 0.518. The van der Waals surface area contributed by atoms with Crippen LogP contribution in [0.25, 0.3) is 0 Å². The molecule has 5 nitrogen and oxygen atoms in total. The Bertz CT molecular complexity index is 594. The van der Waals surface area contributed by atoms with Crippen LogP contribution in [0.4, 0.5) is 5.69 Å². The minimum absolute atomic E-state index is 0.220. The first kappa shape index (κ1) is 13.4. The van der Waals surface area contributed by atoms with Gasteiger partial charge in [0.25, 0.3) is 5.91 Å². The van der Waals surface area contributed by atoms with Crippen molar-refractivity contribution in [2.75, 3.05) is 12.3 Å². The number of nitrogens with zero attached hydrogens (tertiary/aromatic N) is 2. The maximum absolute atomic E-state index is 12.0. The second-order valence-corrected chi connectivity index (χ2v) is 4.56. The molecule has 0 saturated carbocycles. The van der Waals surface area contributed by atoms with Gasteiger partial charge in [0.15, 0.2) is 0 Å². The van der Waals surface area contributed by atoms with Gasteiger partial charge in [-0.1, -0.05) is 17.7 Å². The SMILES string of the molecule is Cn1nccc1CCNC(=O)c1cccc(Cl)c1N. The molecule has 0 unspecified atom stereocenters. The summed E-state index contributed by atoms with van der Waals surface area (Å²) in [6, 6.07) is 6.93. The molecule has 0 radical (unpaired) electrons. The number of aryl methyl sites for hydroxylation is 1. The van der Waals surface area contributed by atoms with E-state index in [-0.39, 0.29) is 5.91 Å². The molecule has 100 valence electrons. The van der Waals surface area contributed by atoms with Crippen LogP contribution in [0.5, 0.6) is 0 Å². The number of nitrogens with one attached hydrogen (secondary N) is 1. The molecular formula is C13H15ClN4O. The van der Waals surface area contributed by atoms with Crippen LogP contribution in [0.2, 0.25) is 5.02 Å². The highest BCUT2D eigenvalue weighted by atomic mass is 35.5. The van der Waals surface area contributed by atoms with E-state index in [1.54, 1.807) is 29.1 Å². The number of nitrogen functional groups attached to an aromatic ring is 1. The molecule has 0 atom stereocenters. The third-order valence-corrected chi connectivity index (χ3v) is 3.22. The van der Waals surface area contributed by atoms with Gasteiger partial charge < -0.3 is 11.1 Å². The van der Waals surface area contributed by atoms with Crippen LogP contribution in [0, 0.1) is 0 Å². The maximum Gasteiger partial charge on any atom is 0.253 e. The number of hydrogen-bond acceptors (Lipinski definition) is 3. The summed E-state index contributed by atoms with van der Waals surface area (Å²) in [5.74, 6) is -0.220. The molecule has 0 bridgehead atoms. The molecule has 1 aromatic carbocycles. The zero-order valence-electron chi connectivity index (χ0n) is 10.6. The molecule has 1 amide bonds. The average molecular weight is 279 g/mol. The van der Waals surface area contributed by atoms with Crippen molar-refractivity contribution >= 4 is 23.2 Å². The monoisotopic (exact) mass is 278 g/mol. The quantitative estimate of drug-likeness (QED) is 0.835. The fourth-order valence-corrected chi connectivity index (χ4v) is 1.96. The number of benzene rings is 1. The molecule has 6 heteroatoms. The first-order valence-corrected chi connectivity index (χ1v) is 6.26. The zero-order valence-corrected chi connectivity index (χ0v) is 11.3. The van der Waals surface area contributed by atoms with E-state index < -0.39 is 0 Å². The van der Waals surface area contributed by atoms with E-state index in [1.807, 2.05) is 13.1 Å². The zero-order chi connectivity index (χ0) is 13.8. The van der Waals surface area contributed by atoms with E-state index >= 15 is 0 Å². The van der Waals surface area contributed by atoms with Crippen LogP contribution in [0.1, 0.15) is 16.1 Å². The Morgan fingerprint density at radius 2 is 2.26 bits per heavy atom. The third-order valence-electron chi connectivity index (χ3n) is 2.89. The molecule has 2 aromatic rings. The predicted molar refractivity (Wildman–Crippen MR) is 75.1 cm³/mol. The van der Waals surface area contributed by atoms with Crippen LogP contribution >= 0.6 is 11.6 Å². The number of carbonyl (C=O) groups excluding carboxylic acids is 1. The molecule has 3 N–H and O–H groups in total. The van der Waals surface area contributed by atoms with Gasteiger partial charge in [0.1, 0.15) is 0 Å². The Morgan fingerprint density at radius 3 is 2.95 bits per heavy atom. The summed E-state index contributed by atoms with van der Waals surface area (Å²) in [5.41, 5.74) is 7.53. The molecular weight excluding hydrogens is 264 g/mol. The maximum atomic E-state index is 12.0. The minimum Gasteiger partial charge on any atom is -0.397 e. The molecule has 19 heavy (non-hydrogen) atoms. The number of amides is 1. The van der Waals surface area contributed by atoms with Crippen molar-refractivity contribution in [3.8, 4) is 0 Å². The Morgan fingerprint density at radius 1 is 1.47 bits per heavy atom. The molecule has 0 aliphatic carbocycles. The Kier molecular flexibility index (Phi) is 4.06. The first-order chi connectivity index (χ1) is 9.09. The van der Waals surface area contributed by atoms with Crippen LogP contribution in [-0.4, -0.2) is 22.2 Å². The number of carbonyl (C=O) groups is 1. The second-order valence-electron chi connectivity index (χ2n) is 4.15. The predicted octanol–water partition coefficient (Wildman–Crippen LogP) is 1.63. The lowest BCUT2D eigenvalue weighted by molar-refractivity contribution is 0.0955. The van der Waals surface area contributed by atoms with E-state index in [9.17, 15) is 4.79 Å². The molecule has 0 saturated heterocycles. The molecule has 2 rings (SSSR count). The lowest BCUT2D eigenvalue weighted by Gasteiger charge is -2.08. The van der Waals surface area contributed by atoms with Gasteiger partial charge in [-0.2, -0.15) is 5.10 Å². The normalized spacial score (nSPS) is 10.4. The van der Waals surface area contributed by atoms with Gasteiger partial charge in [0.05, 0.1) is 16.3 Å². The summed E-state index contributed by atoms with van der Waals surface area (Å²) in [6.07, 6.45) is 2.44. The molecule has 1 aromatic heterocycles. The van der Waals surface area contributed by atoms with Gasteiger partial charge in [-0.3, -0.25) is 9.48 Å². The van der Waals surface area contributed by atoms with Crippen molar-refractivity contribution in [2.45, 2.75) is 6.42 Å². The Balaban J connectivity index is 1.95. The van der Waals surface area contributed by atoms with Crippen molar-refractivity contribution in [3.05, 3.63) is 46.7 Å². The summed E-state index contributed by atoms with van der Waals surface area (Å²) in [7, 11) is 1.87. The van der Waals surface area contributed by atoms with Gasteiger partial charge in [-0.25, -0.2) is 0 Å². The fourth-order valence-electron chi connectivity index (χ4n) is 1.78. The molecule has 0 aliphatic heterocycles. The van der Waals surface area contributed by atoms with Gasteiger partial charge in [-0.05, 0) is 18.2 Å². The number of rotatable bonds is 4. The minimum atomic E-state index is -0.220. The molecule has 0 aliphatic rings. The van der Waals surface area contributed by atoms with E-state index in [0.717, 1.165) is 5.69 Å². The second kappa shape index (κ2) is 5.75. The van der Waals surface area contributed by atoms with Gasteiger partial charge >= 0.3 is 0 Å². The van der Waals surface area contributed by atoms with Gasteiger partial charge in [0, 0.05) is 31.9 Å².